The number of anilines is 1. The molecule has 19 heavy (non-hydrogen) atoms. The van der Waals surface area contributed by atoms with Crippen molar-refractivity contribution in [2.75, 3.05) is 5.32 Å². The van der Waals surface area contributed by atoms with Gasteiger partial charge in [0.2, 0.25) is 0 Å². The second-order valence-corrected chi connectivity index (χ2v) is 5.31. The molecule has 1 rings (SSSR count). The lowest BCUT2D eigenvalue weighted by atomic mass is 9.98. The van der Waals surface area contributed by atoms with Gasteiger partial charge in [0.05, 0.1) is 0 Å². The van der Waals surface area contributed by atoms with Gasteiger partial charge in [0.15, 0.2) is 5.11 Å². The van der Waals surface area contributed by atoms with Gasteiger partial charge in [-0.1, -0.05) is 12.1 Å². The molecular weight excluding hydrogens is 262 g/mol. The number of hydrogen-bond donors (Lipinski definition) is 3. The fourth-order valence-electron chi connectivity index (χ4n) is 1.72. The Morgan fingerprint density at radius 2 is 2.11 bits per heavy atom. The van der Waals surface area contributed by atoms with Crippen molar-refractivity contribution in [3.05, 3.63) is 29.8 Å². The second-order valence-electron chi connectivity index (χ2n) is 4.87. The van der Waals surface area contributed by atoms with Crippen molar-refractivity contribution in [3.63, 3.8) is 0 Å². The van der Waals surface area contributed by atoms with Crippen LogP contribution < -0.4 is 16.8 Å². The van der Waals surface area contributed by atoms with E-state index in [9.17, 15) is 4.79 Å². The van der Waals surface area contributed by atoms with Gasteiger partial charge < -0.3 is 21.5 Å². The summed E-state index contributed by atoms with van der Waals surface area (Å²) in [6, 6.07) is 7.75. The average molecular weight is 281 g/mol. The highest BCUT2D eigenvalue weighted by atomic mass is 32.1. The molecular formula is C13H19N3O2S. The fraction of sp³-hybridized carbons (Fsp3) is 0.385. The highest BCUT2D eigenvalue weighted by Crippen LogP contribution is 2.19. The van der Waals surface area contributed by atoms with E-state index in [1.165, 1.54) is 0 Å². The van der Waals surface area contributed by atoms with Crippen LogP contribution in [-0.4, -0.2) is 16.8 Å². The van der Waals surface area contributed by atoms with Crippen LogP contribution in [0, 0.1) is 0 Å². The molecule has 0 atom stereocenters. The number of carbonyl (C=O) groups excluding carboxylic acids is 1. The zero-order valence-corrected chi connectivity index (χ0v) is 11.9. The topological polar surface area (TPSA) is 90.4 Å². The quantitative estimate of drug-likeness (QED) is 0.719. The van der Waals surface area contributed by atoms with Crippen LogP contribution in [-0.2, 0) is 11.2 Å². The summed E-state index contributed by atoms with van der Waals surface area (Å²) in [5, 5.41) is 3.11. The summed E-state index contributed by atoms with van der Waals surface area (Å²) >= 11 is 4.79. The van der Waals surface area contributed by atoms with Crippen LogP contribution in [0.3, 0.4) is 0 Å². The highest BCUT2D eigenvalue weighted by molar-refractivity contribution is 7.80. The van der Waals surface area contributed by atoms with Crippen molar-refractivity contribution in [1.29, 1.82) is 0 Å². The van der Waals surface area contributed by atoms with Gasteiger partial charge in [0, 0.05) is 5.69 Å². The number of aryl methyl sites for hydroxylation is 1. The molecule has 0 saturated carbocycles. The van der Waals surface area contributed by atoms with E-state index >= 15 is 0 Å². The van der Waals surface area contributed by atoms with E-state index in [1.807, 2.05) is 38.1 Å². The maximum Gasteiger partial charge on any atom is 0.405 e. The zero-order chi connectivity index (χ0) is 14.5. The molecule has 0 spiro atoms. The Labute approximate surface area is 118 Å². The number of benzene rings is 1. The summed E-state index contributed by atoms with van der Waals surface area (Å²) < 4.78 is 5.04. The molecule has 6 heteroatoms. The normalized spacial score (nSPS) is 10.8. The van der Waals surface area contributed by atoms with Gasteiger partial charge in [0.25, 0.3) is 0 Å². The fourth-order valence-corrected chi connectivity index (χ4v) is 1.83. The molecule has 104 valence electrons. The maximum atomic E-state index is 10.8. The van der Waals surface area contributed by atoms with E-state index in [4.69, 9.17) is 28.4 Å². The summed E-state index contributed by atoms with van der Waals surface area (Å²) in [7, 11) is 0. The summed E-state index contributed by atoms with van der Waals surface area (Å²) in [4.78, 5) is 10.8. The van der Waals surface area contributed by atoms with E-state index in [1.54, 1.807) is 0 Å². The van der Waals surface area contributed by atoms with Crippen LogP contribution in [0.4, 0.5) is 10.5 Å². The SMILES string of the molecule is CC(C)(CCc1cccc(NC(N)=S)c1)OC(N)=O. The molecule has 1 aromatic rings. The van der Waals surface area contributed by atoms with Crippen LogP contribution in [0.1, 0.15) is 25.8 Å². The molecule has 0 aliphatic carbocycles. The number of amides is 1. The summed E-state index contributed by atoms with van der Waals surface area (Å²) in [6.45, 7) is 3.66. The van der Waals surface area contributed by atoms with Crippen molar-refractivity contribution in [1.82, 2.24) is 0 Å². The van der Waals surface area contributed by atoms with E-state index in [0.29, 0.717) is 6.42 Å². The largest absolute Gasteiger partial charge is 0.444 e. The second kappa shape index (κ2) is 6.38. The molecule has 0 aromatic heterocycles. The number of nitrogens with two attached hydrogens (primary N) is 2. The Hall–Kier alpha value is -1.82. The molecule has 5 nitrogen and oxygen atoms in total. The average Bonchev–Trinajstić information content (AvgIpc) is 2.24. The van der Waals surface area contributed by atoms with Crippen molar-refractivity contribution in [2.24, 2.45) is 11.5 Å². The summed E-state index contributed by atoms with van der Waals surface area (Å²) in [6.07, 6.45) is 0.675. The Kier molecular flexibility index (Phi) is 5.11. The Bertz CT molecular complexity index is 475. The molecule has 0 fully saturated rings. The molecule has 5 N–H and O–H groups in total. The van der Waals surface area contributed by atoms with Gasteiger partial charge in [-0.05, 0) is 56.6 Å². The number of primary amides is 1. The lowest BCUT2D eigenvalue weighted by Gasteiger charge is -2.23. The molecule has 1 aromatic carbocycles. The molecule has 0 aliphatic rings. The molecule has 0 saturated heterocycles. The number of hydrogen-bond acceptors (Lipinski definition) is 3. The van der Waals surface area contributed by atoms with Crippen molar-refractivity contribution in [2.45, 2.75) is 32.3 Å². The van der Waals surface area contributed by atoms with Crippen LogP contribution in [0.25, 0.3) is 0 Å². The summed E-state index contributed by atoms with van der Waals surface area (Å²) in [5.41, 5.74) is 11.8. The molecule has 0 unspecified atom stereocenters. The van der Waals surface area contributed by atoms with Gasteiger partial charge in [-0.3, -0.25) is 0 Å². The molecule has 1 amide bonds. The Balaban J connectivity index is 2.62. The van der Waals surface area contributed by atoms with Crippen molar-refractivity contribution in [3.8, 4) is 0 Å². The summed E-state index contributed by atoms with van der Waals surface area (Å²) in [5.74, 6) is 0. The molecule has 0 aliphatic heterocycles. The van der Waals surface area contributed by atoms with Crippen LogP contribution in [0.2, 0.25) is 0 Å². The van der Waals surface area contributed by atoms with Crippen LogP contribution in [0.5, 0.6) is 0 Å². The predicted octanol–water partition coefficient (Wildman–Crippen LogP) is 2.15. The van der Waals surface area contributed by atoms with E-state index in [0.717, 1.165) is 17.7 Å². The van der Waals surface area contributed by atoms with Crippen molar-refractivity contribution < 1.29 is 9.53 Å². The smallest absolute Gasteiger partial charge is 0.405 e. The monoisotopic (exact) mass is 281 g/mol. The minimum absolute atomic E-state index is 0.231. The predicted molar refractivity (Wildman–Crippen MR) is 79.9 cm³/mol. The Morgan fingerprint density at radius 3 is 2.68 bits per heavy atom. The van der Waals surface area contributed by atoms with E-state index in [2.05, 4.69) is 5.32 Å². The van der Waals surface area contributed by atoms with Gasteiger partial charge in [-0.15, -0.1) is 0 Å². The molecule has 0 radical (unpaired) electrons. The molecule has 0 bridgehead atoms. The van der Waals surface area contributed by atoms with Gasteiger partial charge in [-0.25, -0.2) is 4.79 Å². The van der Waals surface area contributed by atoms with Gasteiger partial charge >= 0.3 is 6.09 Å². The third kappa shape index (κ3) is 6.05. The van der Waals surface area contributed by atoms with Gasteiger partial charge in [0.1, 0.15) is 5.60 Å². The number of nitrogens with one attached hydrogen (secondary N) is 1. The van der Waals surface area contributed by atoms with Crippen LogP contribution >= 0.6 is 12.2 Å². The highest BCUT2D eigenvalue weighted by Gasteiger charge is 2.21. The van der Waals surface area contributed by atoms with E-state index in [-0.39, 0.29) is 5.11 Å². The maximum absolute atomic E-state index is 10.8. The Morgan fingerprint density at radius 1 is 1.42 bits per heavy atom. The zero-order valence-electron chi connectivity index (χ0n) is 11.1. The number of rotatable bonds is 5. The number of ether oxygens (including phenoxy) is 1. The first kappa shape index (κ1) is 15.2. The van der Waals surface area contributed by atoms with Crippen LogP contribution in [0.15, 0.2) is 24.3 Å². The lowest BCUT2D eigenvalue weighted by Crippen LogP contribution is -2.31. The lowest BCUT2D eigenvalue weighted by molar-refractivity contribution is 0.0394. The van der Waals surface area contributed by atoms with Crippen molar-refractivity contribution >= 4 is 29.1 Å². The molecule has 0 heterocycles. The minimum Gasteiger partial charge on any atom is -0.444 e. The standard InChI is InChI=1S/C13H19N3O2S/c1-13(2,18-12(15)17)7-6-9-4-3-5-10(8-9)16-11(14)19/h3-5,8H,6-7H2,1-2H3,(H2,15,17)(H3,14,16,19). The first-order chi connectivity index (χ1) is 8.78. The third-order valence-electron chi connectivity index (χ3n) is 2.59. The third-order valence-corrected chi connectivity index (χ3v) is 2.69. The number of thiocarbonyl (C=S) groups is 1. The van der Waals surface area contributed by atoms with E-state index < -0.39 is 11.7 Å². The first-order valence-corrected chi connectivity index (χ1v) is 6.33. The first-order valence-electron chi connectivity index (χ1n) is 5.92. The number of carbonyl (C=O) groups is 1. The van der Waals surface area contributed by atoms with Gasteiger partial charge in [-0.2, -0.15) is 0 Å². The minimum atomic E-state index is -0.756.